The Balaban J connectivity index is 2.03. The Labute approximate surface area is 120 Å². The van der Waals surface area contributed by atoms with E-state index in [1.807, 2.05) is 23.1 Å². The van der Waals surface area contributed by atoms with E-state index >= 15 is 0 Å². The van der Waals surface area contributed by atoms with Crippen molar-refractivity contribution in [2.45, 2.75) is 26.2 Å². The highest BCUT2D eigenvalue weighted by atomic mass is 16.5. The Bertz CT molecular complexity index is 465. The zero-order chi connectivity index (χ0) is 14.5. The van der Waals surface area contributed by atoms with Gasteiger partial charge >= 0.3 is 0 Å². The Morgan fingerprint density at radius 2 is 1.95 bits per heavy atom. The van der Waals surface area contributed by atoms with E-state index in [1.165, 1.54) is 0 Å². The molecule has 1 amide bonds. The summed E-state index contributed by atoms with van der Waals surface area (Å²) in [7, 11) is 3.24. The first kappa shape index (κ1) is 14.7. The summed E-state index contributed by atoms with van der Waals surface area (Å²) in [6, 6.07) is 5.59. The molecular weight excluding hydrogens is 254 g/mol. The molecule has 0 aromatic heterocycles. The minimum absolute atomic E-state index is 0.181. The number of carbonyl (C=O) groups excluding carboxylic acids is 1. The van der Waals surface area contributed by atoms with Crippen molar-refractivity contribution in [2.75, 3.05) is 27.3 Å². The topological polar surface area (TPSA) is 38.8 Å². The normalized spacial score (nSPS) is 16.1. The van der Waals surface area contributed by atoms with E-state index in [-0.39, 0.29) is 5.91 Å². The summed E-state index contributed by atoms with van der Waals surface area (Å²) >= 11 is 0. The van der Waals surface area contributed by atoms with Gasteiger partial charge in [0.15, 0.2) is 0 Å². The van der Waals surface area contributed by atoms with Crippen LogP contribution in [-0.2, 0) is 11.2 Å². The van der Waals surface area contributed by atoms with Gasteiger partial charge < -0.3 is 14.4 Å². The third-order valence-corrected chi connectivity index (χ3v) is 3.97. The van der Waals surface area contributed by atoms with Crippen molar-refractivity contribution in [3.05, 3.63) is 23.8 Å². The molecule has 0 bridgehead atoms. The smallest absolute Gasteiger partial charge is 0.227 e. The van der Waals surface area contributed by atoms with E-state index in [0.717, 1.165) is 43.2 Å². The number of amides is 1. The van der Waals surface area contributed by atoms with E-state index in [9.17, 15) is 4.79 Å². The van der Waals surface area contributed by atoms with Crippen LogP contribution in [0.3, 0.4) is 0 Å². The molecule has 0 atom stereocenters. The molecule has 1 heterocycles. The van der Waals surface area contributed by atoms with Crippen LogP contribution >= 0.6 is 0 Å². The Morgan fingerprint density at radius 1 is 1.25 bits per heavy atom. The number of ether oxygens (including phenoxy) is 2. The molecule has 1 saturated heterocycles. The molecule has 20 heavy (non-hydrogen) atoms. The summed E-state index contributed by atoms with van der Waals surface area (Å²) in [5, 5.41) is 0. The van der Waals surface area contributed by atoms with Crippen LogP contribution in [0.1, 0.15) is 25.3 Å². The highest BCUT2D eigenvalue weighted by Crippen LogP contribution is 2.26. The first-order chi connectivity index (χ1) is 9.63. The van der Waals surface area contributed by atoms with Crippen molar-refractivity contribution in [1.29, 1.82) is 0 Å². The van der Waals surface area contributed by atoms with Crippen LogP contribution in [0.15, 0.2) is 18.2 Å². The summed E-state index contributed by atoms with van der Waals surface area (Å²) in [5.74, 6) is 2.36. The van der Waals surface area contributed by atoms with Gasteiger partial charge in [-0.2, -0.15) is 0 Å². The first-order valence-electron chi connectivity index (χ1n) is 7.12. The SMILES string of the molecule is COc1ccc(CC(=O)N2CCC(C)CC2)c(OC)c1. The highest BCUT2D eigenvalue weighted by Gasteiger charge is 2.21. The van der Waals surface area contributed by atoms with Gasteiger partial charge in [-0.3, -0.25) is 4.79 Å². The Hall–Kier alpha value is -1.71. The maximum Gasteiger partial charge on any atom is 0.227 e. The van der Waals surface area contributed by atoms with E-state index in [2.05, 4.69) is 6.92 Å². The predicted molar refractivity (Wildman–Crippen MR) is 78.2 cm³/mol. The lowest BCUT2D eigenvalue weighted by Crippen LogP contribution is -2.38. The van der Waals surface area contributed by atoms with Crippen molar-refractivity contribution in [2.24, 2.45) is 5.92 Å². The second kappa shape index (κ2) is 6.64. The predicted octanol–water partition coefficient (Wildman–Crippen LogP) is 2.50. The van der Waals surface area contributed by atoms with Gasteiger partial charge in [0.25, 0.3) is 0 Å². The molecule has 0 unspecified atom stereocenters. The van der Waals surface area contributed by atoms with Crippen LogP contribution in [0.2, 0.25) is 0 Å². The van der Waals surface area contributed by atoms with Crippen LogP contribution in [0.4, 0.5) is 0 Å². The summed E-state index contributed by atoms with van der Waals surface area (Å²) in [4.78, 5) is 14.3. The van der Waals surface area contributed by atoms with Gasteiger partial charge in [-0.1, -0.05) is 13.0 Å². The minimum Gasteiger partial charge on any atom is -0.497 e. The molecule has 0 radical (unpaired) electrons. The van der Waals surface area contributed by atoms with E-state index in [1.54, 1.807) is 14.2 Å². The largest absolute Gasteiger partial charge is 0.497 e. The molecular formula is C16H23NO3. The summed E-state index contributed by atoms with van der Waals surface area (Å²) in [6.07, 6.45) is 2.60. The number of hydrogen-bond acceptors (Lipinski definition) is 3. The number of methoxy groups -OCH3 is 2. The second-order valence-electron chi connectivity index (χ2n) is 5.42. The third kappa shape index (κ3) is 3.44. The molecule has 110 valence electrons. The molecule has 0 aliphatic carbocycles. The van der Waals surface area contributed by atoms with Crippen molar-refractivity contribution in [1.82, 2.24) is 4.90 Å². The molecule has 0 saturated carbocycles. The Morgan fingerprint density at radius 3 is 2.55 bits per heavy atom. The van der Waals surface area contributed by atoms with Gasteiger partial charge in [0.1, 0.15) is 11.5 Å². The zero-order valence-electron chi connectivity index (χ0n) is 12.5. The van der Waals surface area contributed by atoms with Gasteiger partial charge in [-0.15, -0.1) is 0 Å². The van der Waals surface area contributed by atoms with E-state index in [0.29, 0.717) is 12.2 Å². The highest BCUT2D eigenvalue weighted by molar-refractivity contribution is 5.79. The number of nitrogens with zero attached hydrogens (tertiary/aromatic N) is 1. The summed E-state index contributed by atoms with van der Waals surface area (Å²) in [5.41, 5.74) is 0.914. The average Bonchev–Trinajstić information content (AvgIpc) is 2.48. The van der Waals surface area contributed by atoms with Gasteiger partial charge in [-0.25, -0.2) is 0 Å². The Kier molecular flexibility index (Phi) is 4.88. The van der Waals surface area contributed by atoms with Crippen molar-refractivity contribution < 1.29 is 14.3 Å². The number of piperidine rings is 1. The van der Waals surface area contributed by atoms with Crippen LogP contribution < -0.4 is 9.47 Å². The van der Waals surface area contributed by atoms with Crippen LogP contribution in [0, 0.1) is 5.92 Å². The fraction of sp³-hybridized carbons (Fsp3) is 0.562. The van der Waals surface area contributed by atoms with Crippen molar-refractivity contribution >= 4 is 5.91 Å². The quantitative estimate of drug-likeness (QED) is 0.849. The van der Waals surface area contributed by atoms with Crippen LogP contribution in [-0.4, -0.2) is 38.1 Å². The molecule has 2 rings (SSSR count). The number of carbonyl (C=O) groups is 1. The molecule has 4 heteroatoms. The minimum atomic E-state index is 0.181. The summed E-state index contributed by atoms with van der Waals surface area (Å²) in [6.45, 7) is 3.99. The summed E-state index contributed by atoms with van der Waals surface area (Å²) < 4.78 is 10.5. The number of benzene rings is 1. The molecule has 0 spiro atoms. The zero-order valence-corrected chi connectivity index (χ0v) is 12.5. The molecule has 1 fully saturated rings. The van der Waals surface area contributed by atoms with E-state index in [4.69, 9.17) is 9.47 Å². The lowest BCUT2D eigenvalue weighted by molar-refractivity contribution is -0.131. The van der Waals surface area contributed by atoms with E-state index < -0.39 is 0 Å². The van der Waals surface area contributed by atoms with Crippen LogP contribution in [0.25, 0.3) is 0 Å². The van der Waals surface area contributed by atoms with Crippen LogP contribution in [0.5, 0.6) is 11.5 Å². The lowest BCUT2D eigenvalue weighted by Gasteiger charge is -2.30. The second-order valence-corrected chi connectivity index (χ2v) is 5.42. The molecule has 1 aliphatic heterocycles. The monoisotopic (exact) mass is 277 g/mol. The van der Waals surface area contributed by atoms with Gasteiger partial charge in [-0.05, 0) is 24.8 Å². The van der Waals surface area contributed by atoms with Gasteiger partial charge in [0.05, 0.1) is 20.6 Å². The molecule has 4 nitrogen and oxygen atoms in total. The number of hydrogen-bond donors (Lipinski definition) is 0. The van der Waals surface area contributed by atoms with Gasteiger partial charge in [0, 0.05) is 24.7 Å². The standard InChI is InChI=1S/C16H23NO3/c1-12-6-8-17(9-7-12)16(18)10-13-4-5-14(19-2)11-15(13)20-3/h4-5,11-12H,6-10H2,1-3H3. The fourth-order valence-corrected chi connectivity index (χ4v) is 2.53. The van der Waals surface area contributed by atoms with Gasteiger partial charge in [0.2, 0.25) is 5.91 Å². The maximum atomic E-state index is 12.3. The van der Waals surface area contributed by atoms with Crippen molar-refractivity contribution in [3.63, 3.8) is 0 Å². The number of rotatable bonds is 4. The fourth-order valence-electron chi connectivity index (χ4n) is 2.53. The third-order valence-electron chi connectivity index (χ3n) is 3.97. The van der Waals surface area contributed by atoms with Crippen molar-refractivity contribution in [3.8, 4) is 11.5 Å². The molecule has 0 N–H and O–H groups in total. The molecule has 1 aliphatic rings. The first-order valence-corrected chi connectivity index (χ1v) is 7.12. The number of likely N-dealkylation sites (tertiary alicyclic amines) is 1. The average molecular weight is 277 g/mol. The molecule has 1 aromatic carbocycles. The molecule has 1 aromatic rings. The maximum absolute atomic E-state index is 12.3. The lowest BCUT2D eigenvalue weighted by atomic mass is 9.98.